The third-order valence-corrected chi connectivity index (χ3v) is 2.80. The van der Waals surface area contributed by atoms with Crippen molar-refractivity contribution in [3.63, 3.8) is 0 Å². The minimum atomic E-state index is -0.292. The van der Waals surface area contributed by atoms with E-state index >= 15 is 0 Å². The van der Waals surface area contributed by atoms with E-state index in [4.69, 9.17) is 5.26 Å². The van der Waals surface area contributed by atoms with E-state index in [1.54, 1.807) is 19.2 Å². The normalized spacial score (nSPS) is 9.88. The first-order valence-electron chi connectivity index (χ1n) is 4.71. The van der Waals surface area contributed by atoms with Crippen molar-refractivity contribution in [2.75, 3.05) is 5.32 Å². The van der Waals surface area contributed by atoms with Crippen LogP contribution >= 0.6 is 11.5 Å². The van der Waals surface area contributed by atoms with Gasteiger partial charge in [0.1, 0.15) is 11.4 Å². The molecule has 0 bridgehead atoms. The van der Waals surface area contributed by atoms with E-state index in [-0.39, 0.29) is 12.5 Å². The zero-order chi connectivity index (χ0) is 12.3. The topological polar surface area (TPSA) is 96.5 Å². The van der Waals surface area contributed by atoms with Gasteiger partial charge in [0.25, 0.3) is 5.91 Å². The molecule has 0 atom stereocenters. The van der Waals surface area contributed by atoms with Gasteiger partial charge in [0, 0.05) is 12.3 Å². The highest BCUT2D eigenvalue weighted by molar-refractivity contribution is 7.08. The largest absolute Gasteiger partial charge is 0.304 e. The second-order valence-corrected chi connectivity index (χ2v) is 3.95. The molecule has 7 nitrogen and oxygen atoms in total. The summed E-state index contributed by atoms with van der Waals surface area (Å²) in [7, 11) is 0. The molecule has 0 unspecified atom stereocenters. The molecule has 8 heteroatoms. The molecular formula is C9H8N6OS. The molecule has 0 spiro atoms. The summed E-state index contributed by atoms with van der Waals surface area (Å²) in [4.78, 5) is 12.2. The van der Waals surface area contributed by atoms with Gasteiger partial charge < -0.3 is 5.32 Å². The Hall–Kier alpha value is -2.27. The molecule has 2 heterocycles. The summed E-state index contributed by atoms with van der Waals surface area (Å²) in [5, 5.41) is 18.9. The average molecular weight is 248 g/mol. The Morgan fingerprint density at radius 1 is 1.71 bits per heavy atom. The standard InChI is InChI=1S/C9H8N6OS/c1-6-8(17-14-12-6)9(16)11-7-2-4-15(13-7)5-3-10/h2,4H,5H2,1H3,(H,11,13,16). The molecule has 0 saturated heterocycles. The highest BCUT2D eigenvalue weighted by atomic mass is 32.1. The maximum atomic E-state index is 11.8. The van der Waals surface area contributed by atoms with Crippen LogP contribution in [0.3, 0.4) is 0 Å². The van der Waals surface area contributed by atoms with Crippen LogP contribution in [0.15, 0.2) is 12.3 Å². The van der Waals surface area contributed by atoms with Crippen LogP contribution in [0.2, 0.25) is 0 Å². The van der Waals surface area contributed by atoms with Crippen molar-refractivity contribution < 1.29 is 4.79 Å². The number of carbonyl (C=O) groups is 1. The highest BCUT2D eigenvalue weighted by Gasteiger charge is 2.14. The third-order valence-electron chi connectivity index (χ3n) is 1.97. The van der Waals surface area contributed by atoms with Gasteiger partial charge in [-0.15, -0.1) is 5.10 Å². The number of carbonyl (C=O) groups excluding carboxylic acids is 1. The number of amides is 1. The minimum Gasteiger partial charge on any atom is -0.304 e. The Labute approximate surface area is 101 Å². The van der Waals surface area contributed by atoms with Crippen LogP contribution in [-0.2, 0) is 6.54 Å². The number of nitriles is 1. The summed E-state index contributed by atoms with van der Waals surface area (Å²) in [6, 6.07) is 3.58. The highest BCUT2D eigenvalue weighted by Crippen LogP contribution is 2.12. The number of aryl methyl sites for hydroxylation is 1. The molecule has 0 saturated carbocycles. The molecular weight excluding hydrogens is 240 g/mol. The van der Waals surface area contributed by atoms with Crippen molar-refractivity contribution in [3.8, 4) is 6.07 Å². The molecule has 2 aromatic rings. The van der Waals surface area contributed by atoms with Gasteiger partial charge in [0.05, 0.1) is 11.8 Å². The summed E-state index contributed by atoms with van der Waals surface area (Å²) >= 11 is 1.03. The molecule has 0 radical (unpaired) electrons. The van der Waals surface area contributed by atoms with Gasteiger partial charge in [-0.1, -0.05) is 4.49 Å². The lowest BCUT2D eigenvalue weighted by Gasteiger charge is -1.98. The molecule has 1 amide bonds. The van der Waals surface area contributed by atoms with Crippen molar-refractivity contribution in [3.05, 3.63) is 22.8 Å². The number of rotatable bonds is 3. The molecule has 0 aromatic carbocycles. The van der Waals surface area contributed by atoms with E-state index in [2.05, 4.69) is 20.0 Å². The maximum Gasteiger partial charge on any atom is 0.270 e. The molecule has 0 aliphatic rings. The van der Waals surface area contributed by atoms with Crippen LogP contribution in [0.25, 0.3) is 0 Å². The summed E-state index contributed by atoms with van der Waals surface area (Å²) < 4.78 is 5.12. The molecule has 17 heavy (non-hydrogen) atoms. The van der Waals surface area contributed by atoms with Crippen molar-refractivity contribution in [1.82, 2.24) is 19.4 Å². The van der Waals surface area contributed by atoms with E-state index in [1.165, 1.54) is 4.68 Å². The van der Waals surface area contributed by atoms with Crippen LogP contribution in [0.4, 0.5) is 5.82 Å². The van der Waals surface area contributed by atoms with Crippen molar-refractivity contribution in [1.29, 1.82) is 5.26 Å². The quantitative estimate of drug-likeness (QED) is 0.867. The van der Waals surface area contributed by atoms with Gasteiger partial charge in [-0.3, -0.25) is 9.48 Å². The smallest absolute Gasteiger partial charge is 0.270 e. The lowest BCUT2D eigenvalue weighted by Crippen LogP contribution is -2.12. The number of hydrogen-bond acceptors (Lipinski definition) is 6. The summed E-state index contributed by atoms with van der Waals surface area (Å²) in [6.45, 7) is 1.86. The predicted octanol–water partition coefficient (Wildman–Crippen LogP) is 0.819. The first-order valence-corrected chi connectivity index (χ1v) is 5.49. The molecule has 0 aliphatic heterocycles. The van der Waals surface area contributed by atoms with Gasteiger partial charge in [0.15, 0.2) is 5.82 Å². The van der Waals surface area contributed by atoms with Gasteiger partial charge >= 0.3 is 0 Å². The second kappa shape index (κ2) is 4.71. The van der Waals surface area contributed by atoms with E-state index in [9.17, 15) is 4.79 Å². The molecule has 0 aliphatic carbocycles. The average Bonchev–Trinajstić information content (AvgIpc) is 2.88. The van der Waals surface area contributed by atoms with Crippen LogP contribution in [0, 0.1) is 18.3 Å². The fourth-order valence-electron chi connectivity index (χ4n) is 1.20. The molecule has 1 N–H and O–H groups in total. The van der Waals surface area contributed by atoms with Crippen LogP contribution in [0.1, 0.15) is 15.4 Å². The summed E-state index contributed by atoms with van der Waals surface area (Å²) in [5.74, 6) is 0.109. The van der Waals surface area contributed by atoms with E-state index in [0.717, 1.165) is 11.5 Å². The first-order chi connectivity index (χ1) is 8.20. The Morgan fingerprint density at radius 3 is 3.18 bits per heavy atom. The number of hydrogen-bond donors (Lipinski definition) is 1. The van der Waals surface area contributed by atoms with Crippen LogP contribution in [0.5, 0.6) is 0 Å². The lowest BCUT2D eigenvalue weighted by atomic mass is 10.4. The molecule has 2 aromatic heterocycles. The first kappa shape index (κ1) is 11.2. The number of nitrogens with one attached hydrogen (secondary N) is 1. The maximum absolute atomic E-state index is 11.8. The van der Waals surface area contributed by atoms with Crippen molar-refractivity contribution in [2.24, 2.45) is 0 Å². The monoisotopic (exact) mass is 248 g/mol. The summed E-state index contributed by atoms with van der Waals surface area (Å²) in [5.41, 5.74) is 0.587. The van der Waals surface area contributed by atoms with E-state index in [1.807, 2.05) is 6.07 Å². The summed E-state index contributed by atoms with van der Waals surface area (Å²) in [6.07, 6.45) is 1.62. The van der Waals surface area contributed by atoms with Crippen molar-refractivity contribution >= 4 is 23.3 Å². The molecule has 86 valence electrons. The molecule has 0 fully saturated rings. The SMILES string of the molecule is Cc1nnsc1C(=O)Nc1ccn(CC#N)n1. The Bertz CT molecular complexity index is 580. The van der Waals surface area contributed by atoms with Gasteiger partial charge in [0.2, 0.25) is 0 Å². The Morgan fingerprint density at radius 2 is 2.53 bits per heavy atom. The third kappa shape index (κ3) is 2.46. The van der Waals surface area contributed by atoms with Crippen molar-refractivity contribution in [2.45, 2.75) is 13.5 Å². The Kier molecular flexibility index (Phi) is 3.11. The molecule has 2 rings (SSSR count). The second-order valence-electron chi connectivity index (χ2n) is 3.20. The van der Waals surface area contributed by atoms with Gasteiger partial charge in [-0.2, -0.15) is 10.4 Å². The van der Waals surface area contributed by atoms with E-state index < -0.39 is 0 Å². The fourth-order valence-corrected chi connectivity index (χ4v) is 1.75. The minimum absolute atomic E-state index is 0.150. The number of nitrogens with zero attached hydrogens (tertiary/aromatic N) is 5. The number of aromatic nitrogens is 4. The van der Waals surface area contributed by atoms with Crippen LogP contribution < -0.4 is 5.32 Å². The zero-order valence-corrected chi connectivity index (χ0v) is 9.73. The van der Waals surface area contributed by atoms with E-state index in [0.29, 0.717) is 16.4 Å². The lowest BCUT2D eigenvalue weighted by molar-refractivity contribution is 0.102. The number of anilines is 1. The Balaban J connectivity index is 2.08. The van der Waals surface area contributed by atoms with Crippen LogP contribution in [-0.4, -0.2) is 25.3 Å². The zero-order valence-electron chi connectivity index (χ0n) is 8.91. The predicted molar refractivity (Wildman–Crippen MR) is 60.4 cm³/mol. The fraction of sp³-hybridized carbons (Fsp3) is 0.222. The van der Waals surface area contributed by atoms with Gasteiger partial charge in [-0.05, 0) is 18.5 Å². The van der Waals surface area contributed by atoms with Gasteiger partial charge in [-0.25, -0.2) is 0 Å².